The number of benzene rings is 2. The van der Waals surface area contributed by atoms with E-state index in [0.29, 0.717) is 11.4 Å². The van der Waals surface area contributed by atoms with Crippen molar-refractivity contribution in [2.24, 2.45) is 5.73 Å². The van der Waals surface area contributed by atoms with Gasteiger partial charge in [-0.1, -0.05) is 35.9 Å². The minimum atomic E-state index is -0.294. The van der Waals surface area contributed by atoms with E-state index < -0.39 is 0 Å². The van der Waals surface area contributed by atoms with Crippen LogP contribution in [0.4, 0.5) is 5.69 Å². The van der Waals surface area contributed by atoms with Crippen molar-refractivity contribution in [2.45, 2.75) is 18.9 Å². The fraction of sp³-hybridized carbons (Fsp3) is 0.188. The van der Waals surface area contributed by atoms with E-state index in [1.54, 1.807) is 0 Å². The zero-order chi connectivity index (χ0) is 15.0. The molecule has 0 radical (unpaired) electrons. The lowest BCUT2D eigenvalue weighted by Crippen LogP contribution is -2.20. The molecule has 0 aromatic heterocycles. The van der Waals surface area contributed by atoms with Gasteiger partial charge in [-0.2, -0.15) is 0 Å². The number of halogens is 2. The van der Waals surface area contributed by atoms with Crippen LogP contribution in [0.1, 0.15) is 29.2 Å². The van der Waals surface area contributed by atoms with Crippen molar-refractivity contribution >= 4 is 39.1 Å². The second-order valence-corrected chi connectivity index (χ2v) is 6.32. The summed E-state index contributed by atoms with van der Waals surface area (Å²) in [5, 5.41) is 3.51. The average molecular weight is 366 g/mol. The van der Waals surface area contributed by atoms with E-state index in [0.717, 1.165) is 33.3 Å². The lowest BCUT2D eigenvalue weighted by molar-refractivity contribution is -0.116. The van der Waals surface area contributed by atoms with Crippen molar-refractivity contribution in [2.75, 3.05) is 5.32 Å². The molecule has 2 aromatic rings. The van der Waals surface area contributed by atoms with Gasteiger partial charge in [0.05, 0.1) is 11.1 Å². The maximum absolute atomic E-state index is 11.4. The maximum atomic E-state index is 11.4. The standard InChI is InChI=1S/C16H14BrClN2O/c17-12-3-1-2-11(15(12)18)16(19)10-4-6-13-9(8-10)5-7-14(21)20-13/h1-4,6,8,16H,5,7,19H2,(H,20,21). The number of rotatable bonds is 2. The monoisotopic (exact) mass is 364 g/mol. The molecule has 0 fully saturated rings. The van der Waals surface area contributed by atoms with Gasteiger partial charge in [0.25, 0.3) is 0 Å². The second kappa shape index (κ2) is 5.79. The van der Waals surface area contributed by atoms with E-state index in [2.05, 4.69) is 27.3 Å². The summed E-state index contributed by atoms with van der Waals surface area (Å²) in [4.78, 5) is 11.4. The fourth-order valence-electron chi connectivity index (χ4n) is 2.54. The number of aryl methyl sites for hydroxylation is 1. The molecule has 0 saturated heterocycles. The van der Waals surface area contributed by atoms with Gasteiger partial charge in [0, 0.05) is 16.6 Å². The molecule has 2 aromatic carbocycles. The van der Waals surface area contributed by atoms with Crippen LogP contribution in [-0.4, -0.2) is 5.91 Å². The zero-order valence-electron chi connectivity index (χ0n) is 11.2. The number of amides is 1. The smallest absolute Gasteiger partial charge is 0.224 e. The molecule has 1 atom stereocenters. The van der Waals surface area contributed by atoms with Gasteiger partial charge >= 0.3 is 0 Å². The van der Waals surface area contributed by atoms with Gasteiger partial charge in [-0.25, -0.2) is 0 Å². The van der Waals surface area contributed by atoms with Crippen LogP contribution in [0.15, 0.2) is 40.9 Å². The summed E-state index contributed by atoms with van der Waals surface area (Å²) >= 11 is 9.74. The van der Waals surface area contributed by atoms with Gasteiger partial charge in [-0.3, -0.25) is 4.79 Å². The van der Waals surface area contributed by atoms with E-state index in [1.165, 1.54) is 0 Å². The van der Waals surface area contributed by atoms with E-state index in [1.807, 2.05) is 30.3 Å². The van der Waals surface area contributed by atoms with Crippen LogP contribution < -0.4 is 11.1 Å². The van der Waals surface area contributed by atoms with E-state index in [-0.39, 0.29) is 11.9 Å². The Bertz CT molecular complexity index is 717. The number of nitrogens with two attached hydrogens (primary N) is 1. The summed E-state index contributed by atoms with van der Waals surface area (Å²) in [6, 6.07) is 11.3. The highest BCUT2D eigenvalue weighted by Gasteiger charge is 2.18. The molecule has 3 N–H and O–H groups in total. The second-order valence-electron chi connectivity index (χ2n) is 5.09. The SMILES string of the molecule is NC(c1ccc2c(c1)CCC(=O)N2)c1cccc(Br)c1Cl. The first kappa shape index (κ1) is 14.6. The molecule has 5 heteroatoms. The molecule has 1 unspecified atom stereocenters. The summed E-state index contributed by atoms with van der Waals surface area (Å²) in [6.45, 7) is 0. The average Bonchev–Trinajstić information content (AvgIpc) is 2.49. The first-order valence-electron chi connectivity index (χ1n) is 6.68. The number of anilines is 1. The van der Waals surface area contributed by atoms with Crippen LogP contribution in [-0.2, 0) is 11.2 Å². The van der Waals surface area contributed by atoms with Crippen molar-refractivity contribution in [3.8, 4) is 0 Å². The van der Waals surface area contributed by atoms with Crippen LogP contribution in [0, 0.1) is 0 Å². The molecular weight excluding hydrogens is 352 g/mol. The number of carbonyl (C=O) groups excluding carboxylic acids is 1. The molecule has 0 saturated carbocycles. The lowest BCUT2D eigenvalue weighted by atomic mass is 9.94. The molecule has 108 valence electrons. The Morgan fingerprint density at radius 1 is 1.24 bits per heavy atom. The first-order chi connectivity index (χ1) is 10.1. The predicted octanol–water partition coefficient (Wildman–Crippen LogP) is 4.04. The third-order valence-corrected chi connectivity index (χ3v) is 5.01. The Labute approximate surface area is 136 Å². The Morgan fingerprint density at radius 2 is 2.05 bits per heavy atom. The Morgan fingerprint density at radius 3 is 2.86 bits per heavy atom. The van der Waals surface area contributed by atoms with Gasteiger partial charge in [-0.15, -0.1) is 0 Å². The highest BCUT2D eigenvalue weighted by molar-refractivity contribution is 9.10. The van der Waals surface area contributed by atoms with Crippen LogP contribution in [0.5, 0.6) is 0 Å². The molecule has 3 nitrogen and oxygen atoms in total. The van der Waals surface area contributed by atoms with Crippen molar-refractivity contribution in [1.82, 2.24) is 0 Å². The highest BCUT2D eigenvalue weighted by Crippen LogP contribution is 2.34. The fourth-order valence-corrected chi connectivity index (χ4v) is 3.16. The van der Waals surface area contributed by atoms with Crippen molar-refractivity contribution in [3.05, 3.63) is 62.6 Å². The normalized spacial score (nSPS) is 15.3. The third kappa shape index (κ3) is 2.84. The summed E-state index contributed by atoms with van der Waals surface area (Å²) in [5.74, 6) is 0.0644. The van der Waals surface area contributed by atoms with Gasteiger partial charge in [0.15, 0.2) is 0 Å². The quantitative estimate of drug-likeness (QED) is 0.844. The van der Waals surface area contributed by atoms with Gasteiger partial charge in [0.1, 0.15) is 0 Å². The minimum absolute atomic E-state index is 0.0644. The van der Waals surface area contributed by atoms with Gasteiger partial charge in [0.2, 0.25) is 5.91 Å². The predicted molar refractivity (Wildman–Crippen MR) is 88.6 cm³/mol. The van der Waals surface area contributed by atoms with E-state index >= 15 is 0 Å². The minimum Gasteiger partial charge on any atom is -0.326 e. The largest absolute Gasteiger partial charge is 0.326 e. The van der Waals surface area contributed by atoms with E-state index in [4.69, 9.17) is 17.3 Å². The summed E-state index contributed by atoms with van der Waals surface area (Å²) in [7, 11) is 0. The van der Waals surface area contributed by atoms with Gasteiger partial charge in [-0.05, 0) is 51.2 Å². The van der Waals surface area contributed by atoms with Crippen LogP contribution in [0.25, 0.3) is 0 Å². The molecule has 21 heavy (non-hydrogen) atoms. The summed E-state index contributed by atoms with van der Waals surface area (Å²) < 4.78 is 0.836. The van der Waals surface area contributed by atoms with E-state index in [9.17, 15) is 4.79 Å². The van der Waals surface area contributed by atoms with Gasteiger partial charge < -0.3 is 11.1 Å². The highest BCUT2D eigenvalue weighted by atomic mass is 79.9. The molecule has 0 aliphatic carbocycles. The lowest BCUT2D eigenvalue weighted by Gasteiger charge is -2.20. The number of carbonyl (C=O) groups is 1. The molecule has 1 amide bonds. The molecule has 0 bridgehead atoms. The number of fused-ring (bicyclic) bond motifs is 1. The van der Waals surface area contributed by atoms with Crippen LogP contribution in [0.3, 0.4) is 0 Å². The topological polar surface area (TPSA) is 55.1 Å². The molecule has 1 aliphatic heterocycles. The Balaban J connectivity index is 1.97. The van der Waals surface area contributed by atoms with Crippen LogP contribution >= 0.6 is 27.5 Å². The molecule has 0 spiro atoms. The van der Waals surface area contributed by atoms with Crippen LogP contribution in [0.2, 0.25) is 5.02 Å². The maximum Gasteiger partial charge on any atom is 0.224 e. The Hall–Kier alpha value is -1.36. The molecule has 1 aliphatic rings. The number of hydrogen-bond donors (Lipinski definition) is 2. The molecular formula is C16H14BrClN2O. The Kier molecular flexibility index (Phi) is 4.02. The van der Waals surface area contributed by atoms with Crippen molar-refractivity contribution < 1.29 is 4.79 Å². The first-order valence-corrected chi connectivity index (χ1v) is 7.85. The number of hydrogen-bond acceptors (Lipinski definition) is 2. The third-order valence-electron chi connectivity index (χ3n) is 3.70. The molecule has 3 rings (SSSR count). The number of nitrogens with one attached hydrogen (secondary N) is 1. The van der Waals surface area contributed by atoms with Crippen molar-refractivity contribution in [1.29, 1.82) is 0 Å². The summed E-state index contributed by atoms with van der Waals surface area (Å²) in [5.41, 5.74) is 10.2. The zero-order valence-corrected chi connectivity index (χ0v) is 13.5. The van der Waals surface area contributed by atoms with Crippen molar-refractivity contribution in [3.63, 3.8) is 0 Å². The summed E-state index contributed by atoms with van der Waals surface area (Å²) in [6.07, 6.45) is 1.26. The molecule has 1 heterocycles.